The molecule has 0 aliphatic carbocycles. The first-order valence-corrected chi connectivity index (χ1v) is 56.9. The Kier molecular flexibility index (Phi) is 23.8. The third-order valence-electron chi connectivity index (χ3n) is 21.7. The average Bonchev–Trinajstić information content (AvgIpc) is 0.730. The van der Waals surface area contributed by atoms with Crippen molar-refractivity contribution in [3.8, 4) is 89.5 Å². The summed E-state index contributed by atoms with van der Waals surface area (Å²) in [7, 11) is 1.60. The first-order chi connectivity index (χ1) is 61.0. The second kappa shape index (κ2) is 37.5. The van der Waals surface area contributed by atoms with Crippen LogP contribution in [0.2, 0.25) is 78.6 Å². The van der Waals surface area contributed by atoms with Crippen LogP contribution in [-0.4, -0.2) is 32.3 Å². The van der Waals surface area contributed by atoms with Gasteiger partial charge >= 0.3 is 0 Å². The number of aryl methyl sites for hydroxylation is 12. The predicted octanol–water partition coefficient (Wildman–Crippen LogP) is 26.4. The van der Waals surface area contributed by atoms with Gasteiger partial charge in [-0.2, -0.15) is 0 Å². The van der Waals surface area contributed by atoms with Crippen LogP contribution in [0.25, 0.3) is 89.5 Å². The number of rotatable bonds is 16. The zero-order valence-electron chi connectivity index (χ0n) is 93.6. The maximum absolute atomic E-state index is 9.22. The molecule has 0 aliphatic rings. The number of aromatic nitrogens is 4. The van der Waals surface area contributed by atoms with Gasteiger partial charge in [-0.15, -0.1) is 0 Å². The second-order valence-corrected chi connectivity index (χ2v) is 62.0. The van der Waals surface area contributed by atoms with Gasteiger partial charge in [0.05, 0.1) is 32.3 Å². The lowest BCUT2D eigenvalue weighted by molar-refractivity contribution is -0.661. The first-order valence-electron chi connectivity index (χ1n) is 49.9. The molecule has 0 N–H and O–H groups in total. The van der Waals surface area contributed by atoms with Gasteiger partial charge < -0.3 is 0 Å². The summed E-state index contributed by atoms with van der Waals surface area (Å²) in [6, 6.07) is 67.5. The largest absolute Gasteiger partial charge is 0.212 e. The van der Waals surface area contributed by atoms with E-state index in [0.717, 1.165) is 89.5 Å². The molecule has 8 heteroatoms. The van der Waals surface area contributed by atoms with E-state index in [4.69, 9.17) is 16.4 Å². The van der Waals surface area contributed by atoms with Gasteiger partial charge in [-0.1, -0.05) is 328 Å². The van der Waals surface area contributed by atoms with Crippen LogP contribution >= 0.6 is 0 Å². The smallest absolute Gasteiger partial charge is 0.201 e. The van der Waals surface area contributed by atoms with Crippen LogP contribution in [-0.2, 0) is 53.7 Å². The van der Waals surface area contributed by atoms with Gasteiger partial charge in [0.25, 0.3) is 0 Å². The molecule has 0 spiro atoms. The minimum absolute atomic E-state index is 0.0586. The van der Waals surface area contributed by atoms with Crippen molar-refractivity contribution in [2.45, 2.75) is 242 Å². The molecule has 0 bridgehead atoms. The Bertz CT molecular complexity index is 6260. The lowest BCUT2D eigenvalue weighted by Crippen LogP contribution is -2.44. The van der Waals surface area contributed by atoms with E-state index >= 15 is 0 Å². The van der Waals surface area contributed by atoms with E-state index in [1.54, 1.807) is 12.3 Å². The minimum atomic E-state index is -2.42. The van der Waals surface area contributed by atoms with E-state index in [1.165, 1.54) is 59.7 Å². The summed E-state index contributed by atoms with van der Waals surface area (Å²) in [4.78, 5) is 0. The van der Waals surface area contributed by atoms with Crippen LogP contribution in [0.3, 0.4) is 0 Å². The van der Waals surface area contributed by atoms with Crippen LogP contribution in [0.4, 0.5) is 0 Å². The van der Waals surface area contributed by atoms with E-state index in [0.29, 0.717) is 16.7 Å². The van der Waals surface area contributed by atoms with Gasteiger partial charge in [0.2, 0.25) is 22.8 Å². The Hall–Kier alpha value is -8.77. The van der Waals surface area contributed by atoms with Gasteiger partial charge in [-0.05, 0) is 216 Å². The molecule has 0 saturated heterocycles. The summed E-state index contributed by atoms with van der Waals surface area (Å²) in [5, 5.41) is 5.65. The number of hydrogen-bond donors (Lipinski definition) is 0. The summed E-state index contributed by atoms with van der Waals surface area (Å²) in [5.74, 6) is 0. The van der Waals surface area contributed by atoms with Crippen LogP contribution in [0.15, 0.2) is 219 Å². The Morgan fingerprint density at radius 3 is 0.950 bits per heavy atom. The van der Waals surface area contributed by atoms with Crippen LogP contribution < -0.4 is 39.0 Å². The van der Waals surface area contributed by atoms with Gasteiger partial charge in [0, 0.05) is 87.6 Å². The molecule has 4 nitrogen and oxygen atoms in total. The predicted molar refractivity (Wildman–Crippen MR) is 536 cm³/mol. The zero-order chi connectivity index (χ0) is 101. The number of pyridine rings is 4. The van der Waals surface area contributed by atoms with Crippen molar-refractivity contribution in [1.29, 1.82) is 0 Å². The molecule has 120 heavy (non-hydrogen) atoms. The normalized spacial score (nSPS) is 14.7. The summed E-state index contributed by atoms with van der Waals surface area (Å²) >= 11 is 0. The molecule has 0 amide bonds. The number of hydrogen-bond acceptors (Lipinski definition) is 0. The third-order valence-corrected chi connectivity index (χ3v) is 29.8. The second-order valence-electron chi connectivity index (χ2n) is 41.8. The SMILES string of the molecule is [2H]C([2H])([2H])c1c[n+](C)c(-c2cc(-c3ccccc3)c([Si](C)(C)C)cc2C)cc1C([2H])([2H])C(C)(C)C.[2H]C([2H])([2H])c1cc(C)c(-c2ccc([Si](C)(C)C)c[n+]2C)cc1-c1ccc(C)cc1.[2H]C([2H])(c1c[n+](C)c(-c2cc(-c3ccccc3)c([Si](C)(C)C)cc2C)cc1C)C(C)(C)C.[2H]C([2H])(c1cc(-c2cc(-c3ccccc3)c([Si](C)(C)C)cc2C)[n+](C)cc1C([2H])([2H])C(C)(C)C)C(C)(C)C. The highest BCUT2D eigenvalue weighted by atomic mass is 28.3. The van der Waals surface area contributed by atoms with Crippen molar-refractivity contribution in [3.63, 3.8) is 0 Å². The molecule has 12 aromatic rings. The zero-order valence-corrected chi connectivity index (χ0v) is 83.6. The maximum Gasteiger partial charge on any atom is 0.212 e. The molecule has 4 heterocycles. The first kappa shape index (κ1) is 76.1. The molecule has 4 aromatic heterocycles. The summed E-state index contributed by atoms with van der Waals surface area (Å²) in [5.41, 5.74) is 23.5. The van der Waals surface area contributed by atoms with Crippen molar-refractivity contribution in [3.05, 3.63) is 286 Å². The topological polar surface area (TPSA) is 15.5 Å². The standard InChI is InChI=1S/C32H46NSi.2C28H38NSi.C24H30NSi/c1-23-17-30(34(9,10)11)28(24-15-13-12-14-16-24)19-27(23)29-18-25(20-31(2,3)4)26(22-33(29)8)21-32(5,6)7;1-20-15-27(30(7,8)9)25(22-13-11-10-12-14-22)17-24(20)26-16-23(18-28(3,4)5)21(2)19-29(26)6;1-20-15-26(29(6)19-23(20)18-28(3,4)5)24-17-25(22-13-11-10-12-14-22)27(16-21(24)2)30(7,8)9;1-17-8-10-20(11-9-17)22-15-23(19(3)14-18(22)2)24-13-12-21(16-25(24)4)26(5,6)7/h12-19,22H,20-21H2,1-11H3;2*10-17,19H,18H2,1-9H3;8-16H,1-7H3/q4*+1/i20D2,21D2;2D3,18D2;18D2;2D3. The lowest BCUT2D eigenvalue weighted by atomic mass is 9.81. The highest BCUT2D eigenvalue weighted by Crippen LogP contribution is 2.38. The quantitative estimate of drug-likeness (QED) is 0.0677. The third kappa shape index (κ3) is 25.0. The monoisotopic (exact) mass is 1680 g/mol. The van der Waals surface area contributed by atoms with Gasteiger partial charge in [0.15, 0.2) is 24.8 Å². The van der Waals surface area contributed by atoms with Gasteiger partial charge in [-0.3, -0.25) is 0 Å². The fourth-order valence-corrected chi connectivity index (χ4v) is 21.8. The molecule has 0 radical (unpaired) electrons. The van der Waals surface area contributed by atoms with Crippen molar-refractivity contribution < 1.29 is 37.5 Å². The van der Waals surface area contributed by atoms with Gasteiger partial charge in [0.1, 0.15) is 28.2 Å². The fourth-order valence-electron chi connectivity index (χ4n) is 15.6. The molecule has 12 rings (SSSR count). The summed E-state index contributed by atoms with van der Waals surface area (Å²) in [6.45, 7) is 58.9. The van der Waals surface area contributed by atoms with E-state index in [2.05, 4.69) is 243 Å². The molecule has 0 fully saturated rings. The number of nitrogens with zero attached hydrogens (tertiary/aromatic N) is 4. The fraction of sp³-hybridized carbons (Fsp3) is 0.393. The molecular formula is C112H152N4Si4+4. The Morgan fingerprint density at radius 2 is 0.575 bits per heavy atom. The molecule has 0 saturated carbocycles. The molecular weight excluding hydrogens is 1510 g/mol. The van der Waals surface area contributed by atoms with E-state index in [-0.39, 0.29) is 11.1 Å². The highest BCUT2D eigenvalue weighted by Gasteiger charge is 2.32. The van der Waals surface area contributed by atoms with Crippen LogP contribution in [0, 0.1) is 76.9 Å². The van der Waals surface area contributed by atoms with Crippen LogP contribution in [0.5, 0.6) is 0 Å². The molecule has 0 atom stereocenters. The number of benzene rings is 8. The molecule has 8 aromatic carbocycles. The molecule has 632 valence electrons. The molecule has 0 aliphatic heterocycles. The van der Waals surface area contributed by atoms with Crippen molar-refractivity contribution >= 4 is 53.0 Å². The van der Waals surface area contributed by atoms with Crippen molar-refractivity contribution in [2.75, 3.05) is 0 Å². The molecule has 0 unspecified atom stereocenters. The maximum atomic E-state index is 9.22. The highest BCUT2D eigenvalue weighted by molar-refractivity contribution is 6.91. The Morgan fingerprint density at radius 1 is 0.258 bits per heavy atom. The Balaban J connectivity index is 0.000000201. The van der Waals surface area contributed by atoms with Crippen molar-refractivity contribution in [1.82, 2.24) is 0 Å². The van der Waals surface area contributed by atoms with E-state index in [9.17, 15) is 2.74 Å². The lowest BCUT2D eigenvalue weighted by Gasteiger charge is -2.25. The Labute approximate surface area is 753 Å². The van der Waals surface area contributed by atoms with E-state index in [1.807, 2.05) is 213 Å². The summed E-state index contributed by atoms with van der Waals surface area (Å²) in [6.07, 6.45) is 0.895. The van der Waals surface area contributed by atoms with E-state index < -0.39 is 93.2 Å². The minimum Gasteiger partial charge on any atom is -0.201 e. The van der Waals surface area contributed by atoms with Gasteiger partial charge in [-0.25, -0.2) is 18.3 Å². The van der Waals surface area contributed by atoms with Crippen molar-refractivity contribution in [2.24, 2.45) is 49.9 Å². The van der Waals surface area contributed by atoms with Crippen LogP contribution in [0.1, 0.15) is 169 Å². The summed E-state index contributed by atoms with van der Waals surface area (Å²) < 4.78 is 129. The average molecular weight is 1680 g/mol.